The van der Waals surface area contributed by atoms with Crippen molar-refractivity contribution in [2.24, 2.45) is 5.92 Å². The average Bonchev–Trinajstić information content (AvgIpc) is 3.46. The number of pyridine rings is 1. The van der Waals surface area contributed by atoms with Crippen LogP contribution in [-0.2, 0) is 11.3 Å². The number of nitrogens with one attached hydrogen (secondary N) is 1. The van der Waals surface area contributed by atoms with Crippen molar-refractivity contribution in [3.05, 3.63) is 35.8 Å². The summed E-state index contributed by atoms with van der Waals surface area (Å²) in [6.45, 7) is 1.15. The van der Waals surface area contributed by atoms with Crippen molar-refractivity contribution < 1.29 is 32.6 Å². The Bertz CT molecular complexity index is 1500. The van der Waals surface area contributed by atoms with E-state index in [1.54, 1.807) is 10.6 Å². The molecule has 218 valence electrons. The molecule has 0 aromatic carbocycles. The van der Waals surface area contributed by atoms with E-state index in [1.165, 1.54) is 24.5 Å². The topological polar surface area (TPSA) is 151 Å². The number of anilines is 1. The smallest absolute Gasteiger partial charge is 0.257 e. The average molecular weight is 575 g/mol. The molecule has 0 bridgehead atoms. The number of amides is 2. The molecule has 3 fully saturated rings. The SMILES string of the molecule is COc1ncc(-c2cc(CN3CC(O)C3)c3c(N)ncnn23)cc1C(=O)N[C@@H]1CN(C(=O)C2CC(F)(F)C2)C[C@@H]1F. The maximum Gasteiger partial charge on any atom is 0.257 e. The minimum Gasteiger partial charge on any atom is -0.480 e. The zero-order valence-electron chi connectivity index (χ0n) is 22.1. The monoisotopic (exact) mass is 574 g/mol. The Hall–Kier alpha value is -3.98. The first-order chi connectivity index (χ1) is 19.5. The molecule has 0 radical (unpaired) electrons. The van der Waals surface area contributed by atoms with Gasteiger partial charge in [-0.3, -0.25) is 14.5 Å². The van der Waals surface area contributed by atoms with Crippen LogP contribution in [0.5, 0.6) is 5.88 Å². The van der Waals surface area contributed by atoms with E-state index in [0.29, 0.717) is 36.4 Å². The highest BCUT2D eigenvalue weighted by Gasteiger charge is 2.51. The molecule has 1 saturated carbocycles. The molecule has 12 nitrogen and oxygen atoms in total. The Morgan fingerprint density at radius 2 is 1.95 bits per heavy atom. The first-order valence-corrected chi connectivity index (χ1v) is 13.2. The number of halogens is 3. The number of nitrogens with zero attached hydrogens (tertiary/aromatic N) is 6. The quantitative estimate of drug-likeness (QED) is 0.374. The maximum absolute atomic E-state index is 14.9. The fourth-order valence-corrected chi connectivity index (χ4v) is 5.72. The van der Waals surface area contributed by atoms with Gasteiger partial charge < -0.3 is 25.8 Å². The lowest BCUT2D eigenvalue weighted by Gasteiger charge is -2.36. The number of nitrogens with two attached hydrogens (primary N) is 1. The zero-order chi connectivity index (χ0) is 29.1. The van der Waals surface area contributed by atoms with Crippen molar-refractivity contribution in [2.75, 3.05) is 39.0 Å². The van der Waals surface area contributed by atoms with E-state index in [0.717, 1.165) is 5.56 Å². The molecule has 1 aliphatic carbocycles. The fraction of sp³-hybridized carbons (Fsp3) is 0.500. The van der Waals surface area contributed by atoms with Crippen molar-refractivity contribution in [1.82, 2.24) is 34.7 Å². The predicted octanol–water partition coefficient (Wildman–Crippen LogP) is 0.883. The largest absolute Gasteiger partial charge is 0.480 e. The van der Waals surface area contributed by atoms with Crippen LogP contribution in [0.2, 0.25) is 0 Å². The molecule has 5 heterocycles. The van der Waals surface area contributed by atoms with E-state index in [-0.39, 0.29) is 36.5 Å². The van der Waals surface area contributed by atoms with Crippen LogP contribution in [-0.4, -0.2) is 104 Å². The number of alkyl halides is 3. The number of methoxy groups -OCH3 is 1. The first kappa shape index (κ1) is 27.2. The lowest BCUT2D eigenvalue weighted by Crippen LogP contribution is -2.49. The summed E-state index contributed by atoms with van der Waals surface area (Å²) in [4.78, 5) is 37.5. The zero-order valence-corrected chi connectivity index (χ0v) is 22.1. The number of aromatic nitrogens is 4. The number of hydrogen-bond donors (Lipinski definition) is 3. The normalized spacial score (nSPS) is 22.9. The molecule has 3 aromatic rings. The Morgan fingerprint density at radius 1 is 1.20 bits per heavy atom. The fourth-order valence-electron chi connectivity index (χ4n) is 5.72. The molecule has 41 heavy (non-hydrogen) atoms. The van der Waals surface area contributed by atoms with Crippen LogP contribution in [0.1, 0.15) is 28.8 Å². The van der Waals surface area contributed by atoms with Crippen LogP contribution >= 0.6 is 0 Å². The van der Waals surface area contributed by atoms with Crippen LogP contribution in [0.3, 0.4) is 0 Å². The summed E-state index contributed by atoms with van der Waals surface area (Å²) in [5.74, 6) is -4.62. The van der Waals surface area contributed by atoms with Crippen molar-refractivity contribution in [3.8, 4) is 17.1 Å². The van der Waals surface area contributed by atoms with Gasteiger partial charge in [-0.2, -0.15) is 5.10 Å². The van der Waals surface area contributed by atoms with Crippen LogP contribution < -0.4 is 15.8 Å². The molecule has 6 rings (SSSR count). The molecular weight excluding hydrogens is 545 g/mol. The molecule has 0 spiro atoms. The van der Waals surface area contributed by atoms with E-state index in [4.69, 9.17) is 10.5 Å². The van der Waals surface area contributed by atoms with E-state index in [2.05, 4.69) is 20.4 Å². The number of rotatable bonds is 7. The van der Waals surface area contributed by atoms with Crippen LogP contribution in [0.15, 0.2) is 24.7 Å². The van der Waals surface area contributed by atoms with Gasteiger partial charge in [0.05, 0.1) is 31.5 Å². The summed E-state index contributed by atoms with van der Waals surface area (Å²) < 4.78 is 48.2. The third-order valence-corrected chi connectivity index (χ3v) is 7.89. The molecule has 2 aliphatic heterocycles. The molecule has 3 aliphatic rings. The third-order valence-electron chi connectivity index (χ3n) is 7.89. The van der Waals surface area contributed by atoms with Gasteiger partial charge in [-0.15, -0.1) is 0 Å². The second-order valence-electron chi connectivity index (χ2n) is 10.9. The Morgan fingerprint density at radius 3 is 2.63 bits per heavy atom. The van der Waals surface area contributed by atoms with Crippen molar-refractivity contribution in [1.29, 1.82) is 0 Å². The summed E-state index contributed by atoms with van der Waals surface area (Å²) in [5, 5.41) is 16.6. The lowest BCUT2D eigenvalue weighted by molar-refractivity contribution is -0.159. The molecular formula is C26H29F3N8O4. The molecule has 2 saturated heterocycles. The third kappa shape index (κ3) is 5.03. The lowest BCUT2D eigenvalue weighted by atomic mass is 9.80. The number of carbonyl (C=O) groups excluding carboxylic acids is 2. The van der Waals surface area contributed by atoms with Gasteiger partial charge in [0.1, 0.15) is 23.6 Å². The molecule has 0 unspecified atom stereocenters. The first-order valence-electron chi connectivity index (χ1n) is 13.2. The summed E-state index contributed by atoms with van der Waals surface area (Å²) in [5.41, 5.74) is 8.70. The van der Waals surface area contributed by atoms with E-state index < -0.39 is 48.7 Å². The number of carbonyl (C=O) groups is 2. The van der Waals surface area contributed by atoms with Gasteiger partial charge in [-0.1, -0.05) is 0 Å². The highest BCUT2D eigenvalue weighted by molar-refractivity contribution is 5.98. The molecule has 3 aromatic heterocycles. The Kier molecular flexibility index (Phi) is 6.72. The predicted molar refractivity (Wildman–Crippen MR) is 139 cm³/mol. The second-order valence-corrected chi connectivity index (χ2v) is 10.9. The number of nitrogen functional groups attached to an aromatic ring is 1. The van der Waals surface area contributed by atoms with Crippen molar-refractivity contribution in [2.45, 2.75) is 43.6 Å². The number of ether oxygens (including phenoxy) is 1. The van der Waals surface area contributed by atoms with Gasteiger partial charge in [-0.05, 0) is 17.7 Å². The second kappa shape index (κ2) is 10.1. The number of likely N-dealkylation sites (tertiary alicyclic amines) is 2. The summed E-state index contributed by atoms with van der Waals surface area (Å²) >= 11 is 0. The highest BCUT2D eigenvalue weighted by Crippen LogP contribution is 2.43. The Labute approximate surface area is 232 Å². The van der Waals surface area contributed by atoms with Gasteiger partial charge >= 0.3 is 0 Å². The van der Waals surface area contributed by atoms with Gasteiger partial charge in [0.25, 0.3) is 5.91 Å². The van der Waals surface area contributed by atoms with Crippen LogP contribution in [0.25, 0.3) is 16.8 Å². The molecule has 2 atom stereocenters. The summed E-state index contributed by atoms with van der Waals surface area (Å²) in [6.07, 6.45) is -0.206. The minimum atomic E-state index is -2.86. The van der Waals surface area contributed by atoms with Gasteiger partial charge in [0.2, 0.25) is 17.7 Å². The van der Waals surface area contributed by atoms with Gasteiger partial charge in [0.15, 0.2) is 5.82 Å². The number of aliphatic hydroxyl groups is 1. The molecule has 2 amide bonds. The number of aliphatic hydroxyl groups excluding tert-OH is 1. The summed E-state index contributed by atoms with van der Waals surface area (Å²) in [6, 6.07) is 2.37. The summed E-state index contributed by atoms with van der Waals surface area (Å²) in [7, 11) is 1.35. The number of fused-ring (bicyclic) bond motifs is 1. The Balaban J connectivity index is 1.24. The maximum atomic E-state index is 14.9. The standard InChI is InChI=1S/C26H29F3N8O4/c1-41-24-17(23(39)34-19-11-36(10-18(19)27)25(40)15-4-26(28,29)5-15)2-13(6-31-24)20-3-14(7-35-8-16(38)9-35)21-22(30)32-12-33-37(20)21/h2-3,6,12,15-16,18-19,38H,4-5,7-11H2,1H3,(H,34,39)(H2,30,32,33)/t18-,19+/m0/s1. The van der Waals surface area contributed by atoms with Gasteiger partial charge in [-0.25, -0.2) is 27.7 Å². The van der Waals surface area contributed by atoms with E-state index >= 15 is 0 Å². The van der Waals surface area contributed by atoms with Crippen molar-refractivity contribution in [3.63, 3.8) is 0 Å². The molecule has 4 N–H and O–H groups in total. The van der Waals surface area contributed by atoms with Crippen LogP contribution in [0.4, 0.5) is 19.0 Å². The van der Waals surface area contributed by atoms with Gasteiger partial charge in [0, 0.05) is 56.7 Å². The molecule has 15 heteroatoms. The number of hydrogen-bond acceptors (Lipinski definition) is 9. The van der Waals surface area contributed by atoms with E-state index in [1.807, 2.05) is 11.0 Å². The minimum absolute atomic E-state index is 0.00841. The van der Waals surface area contributed by atoms with Crippen molar-refractivity contribution >= 4 is 23.1 Å². The number of β-amino-alcohol motifs (C(OH)–C–C–N with tert-alkyl or cyclic N) is 1. The van der Waals surface area contributed by atoms with Crippen LogP contribution in [0, 0.1) is 5.92 Å². The van der Waals surface area contributed by atoms with E-state index in [9.17, 15) is 27.9 Å². The highest BCUT2D eigenvalue weighted by atomic mass is 19.3.